The molecule has 1 aliphatic carbocycles. The zero-order valence-corrected chi connectivity index (χ0v) is 15.1. The zero-order chi connectivity index (χ0) is 17.4. The summed E-state index contributed by atoms with van der Waals surface area (Å²) in [6.07, 6.45) is 5.09. The Labute approximate surface area is 149 Å². The summed E-state index contributed by atoms with van der Waals surface area (Å²) in [5.41, 5.74) is 4.65. The number of nitrogens with zero attached hydrogens (tertiary/aromatic N) is 3. The monoisotopic (exact) mass is 338 g/mol. The Balaban J connectivity index is 1.50. The second-order valence-corrected chi connectivity index (χ2v) is 7.29. The summed E-state index contributed by atoms with van der Waals surface area (Å²) in [6, 6.07) is 8.52. The van der Waals surface area contributed by atoms with Gasteiger partial charge < -0.3 is 10.2 Å². The van der Waals surface area contributed by atoms with E-state index in [2.05, 4.69) is 39.6 Å². The molecule has 1 aliphatic heterocycles. The van der Waals surface area contributed by atoms with E-state index in [4.69, 9.17) is 0 Å². The van der Waals surface area contributed by atoms with Crippen molar-refractivity contribution in [3.05, 3.63) is 41.1 Å². The van der Waals surface area contributed by atoms with Crippen LogP contribution in [0, 0.1) is 6.92 Å². The molecule has 1 atom stereocenters. The third kappa shape index (κ3) is 3.03. The van der Waals surface area contributed by atoms with Crippen LogP contribution in [-0.2, 0) is 18.3 Å². The van der Waals surface area contributed by atoms with E-state index in [0.29, 0.717) is 12.3 Å². The molecule has 1 N–H and O–H groups in total. The Morgan fingerprint density at radius 3 is 2.84 bits per heavy atom. The maximum atomic E-state index is 12.7. The van der Waals surface area contributed by atoms with Crippen LogP contribution in [0.15, 0.2) is 24.3 Å². The van der Waals surface area contributed by atoms with Gasteiger partial charge in [0.25, 0.3) is 0 Å². The van der Waals surface area contributed by atoms with Gasteiger partial charge in [-0.2, -0.15) is 5.10 Å². The molecule has 2 aliphatic rings. The molecule has 25 heavy (non-hydrogen) atoms. The molecule has 1 fully saturated rings. The van der Waals surface area contributed by atoms with Gasteiger partial charge in [0.2, 0.25) is 5.91 Å². The number of aryl methyl sites for hydroxylation is 2. The van der Waals surface area contributed by atoms with E-state index in [-0.39, 0.29) is 5.91 Å². The summed E-state index contributed by atoms with van der Waals surface area (Å²) in [5, 5.41) is 7.81. The van der Waals surface area contributed by atoms with E-state index in [1.54, 1.807) is 0 Å². The number of amides is 1. The highest BCUT2D eigenvalue weighted by atomic mass is 16.1. The molecule has 1 aromatic heterocycles. The maximum Gasteiger partial charge on any atom is 0.225 e. The van der Waals surface area contributed by atoms with Crippen molar-refractivity contribution in [3.8, 4) is 0 Å². The van der Waals surface area contributed by atoms with E-state index in [9.17, 15) is 4.79 Å². The molecule has 2 aromatic rings. The first-order chi connectivity index (χ1) is 12.1. The fourth-order valence-corrected chi connectivity index (χ4v) is 4.16. The van der Waals surface area contributed by atoms with Crippen LogP contribution in [0.25, 0.3) is 0 Å². The Kier molecular flexibility index (Phi) is 4.24. The van der Waals surface area contributed by atoms with Crippen LogP contribution < -0.4 is 10.2 Å². The van der Waals surface area contributed by atoms with Crippen molar-refractivity contribution in [2.75, 3.05) is 23.3 Å². The molecular formula is C20H26N4O. The SMILES string of the molecule is Cc1c(NC(=O)CC2CCc3ccccc32)c(N2CCCC2)nn1C. The Bertz CT molecular complexity index is 789. The Hall–Kier alpha value is -2.30. The predicted octanol–water partition coefficient (Wildman–Crippen LogP) is 3.39. The molecule has 0 bridgehead atoms. The lowest BCUT2D eigenvalue weighted by Crippen LogP contribution is -2.21. The van der Waals surface area contributed by atoms with Gasteiger partial charge in [-0.1, -0.05) is 24.3 Å². The number of anilines is 2. The lowest BCUT2D eigenvalue weighted by Gasteiger charge is -2.17. The highest BCUT2D eigenvalue weighted by Crippen LogP contribution is 2.36. The van der Waals surface area contributed by atoms with Crippen molar-refractivity contribution in [2.24, 2.45) is 7.05 Å². The summed E-state index contributed by atoms with van der Waals surface area (Å²) in [5.74, 6) is 1.36. The molecule has 4 rings (SSSR count). The van der Waals surface area contributed by atoms with Crippen LogP contribution in [0.5, 0.6) is 0 Å². The number of rotatable bonds is 4. The number of carbonyl (C=O) groups excluding carboxylic acids is 1. The van der Waals surface area contributed by atoms with Gasteiger partial charge in [0.1, 0.15) is 5.69 Å². The van der Waals surface area contributed by atoms with E-state index >= 15 is 0 Å². The number of hydrogen-bond donors (Lipinski definition) is 1. The maximum absolute atomic E-state index is 12.7. The number of carbonyl (C=O) groups is 1. The quantitative estimate of drug-likeness (QED) is 0.930. The summed E-state index contributed by atoms with van der Waals surface area (Å²) < 4.78 is 1.87. The van der Waals surface area contributed by atoms with Crippen molar-refractivity contribution < 1.29 is 4.79 Å². The second kappa shape index (κ2) is 6.54. The van der Waals surface area contributed by atoms with Crippen LogP contribution in [0.1, 0.15) is 48.4 Å². The number of nitrogens with one attached hydrogen (secondary N) is 1. The molecule has 0 radical (unpaired) electrons. The topological polar surface area (TPSA) is 50.2 Å². The lowest BCUT2D eigenvalue weighted by molar-refractivity contribution is -0.116. The molecule has 1 unspecified atom stereocenters. The van der Waals surface area contributed by atoms with Gasteiger partial charge >= 0.3 is 0 Å². The number of hydrogen-bond acceptors (Lipinski definition) is 3. The van der Waals surface area contributed by atoms with Crippen molar-refractivity contribution in [2.45, 2.75) is 44.9 Å². The van der Waals surface area contributed by atoms with Crippen LogP contribution in [0.3, 0.4) is 0 Å². The van der Waals surface area contributed by atoms with E-state index in [0.717, 1.165) is 43.1 Å². The molecule has 2 heterocycles. The summed E-state index contributed by atoms with van der Waals surface area (Å²) in [4.78, 5) is 15.0. The van der Waals surface area contributed by atoms with Gasteiger partial charge in [-0.25, -0.2) is 0 Å². The van der Waals surface area contributed by atoms with Gasteiger partial charge in [-0.05, 0) is 49.7 Å². The average Bonchev–Trinajstić information content (AvgIpc) is 3.32. The average molecular weight is 338 g/mol. The molecule has 1 aromatic carbocycles. The fourth-order valence-electron chi connectivity index (χ4n) is 4.16. The normalized spacial score (nSPS) is 19.3. The van der Waals surface area contributed by atoms with Gasteiger partial charge in [-0.3, -0.25) is 9.48 Å². The number of fused-ring (bicyclic) bond motifs is 1. The van der Waals surface area contributed by atoms with Gasteiger partial charge in [0, 0.05) is 26.6 Å². The molecule has 5 nitrogen and oxygen atoms in total. The van der Waals surface area contributed by atoms with Crippen LogP contribution >= 0.6 is 0 Å². The van der Waals surface area contributed by atoms with Crippen molar-refractivity contribution >= 4 is 17.4 Å². The summed E-state index contributed by atoms with van der Waals surface area (Å²) in [7, 11) is 1.94. The Morgan fingerprint density at radius 2 is 2.04 bits per heavy atom. The molecule has 1 saturated heterocycles. The first-order valence-electron chi connectivity index (χ1n) is 9.29. The molecule has 0 spiro atoms. The minimum absolute atomic E-state index is 0.0956. The predicted molar refractivity (Wildman–Crippen MR) is 100 cm³/mol. The first kappa shape index (κ1) is 16.2. The molecular weight excluding hydrogens is 312 g/mol. The number of benzene rings is 1. The van der Waals surface area contributed by atoms with Crippen LogP contribution in [0.2, 0.25) is 0 Å². The highest BCUT2D eigenvalue weighted by molar-refractivity contribution is 5.95. The number of aromatic nitrogens is 2. The molecule has 0 saturated carbocycles. The van der Waals surface area contributed by atoms with E-state index in [1.165, 1.54) is 24.0 Å². The first-order valence-corrected chi connectivity index (χ1v) is 9.29. The van der Waals surface area contributed by atoms with Gasteiger partial charge in [0.05, 0.1) is 5.69 Å². The molecule has 132 valence electrons. The summed E-state index contributed by atoms with van der Waals surface area (Å²) in [6.45, 7) is 4.07. The van der Waals surface area contributed by atoms with Crippen molar-refractivity contribution in [1.82, 2.24) is 9.78 Å². The van der Waals surface area contributed by atoms with Gasteiger partial charge in [-0.15, -0.1) is 0 Å². The smallest absolute Gasteiger partial charge is 0.225 e. The van der Waals surface area contributed by atoms with Crippen LogP contribution in [0.4, 0.5) is 11.5 Å². The minimum Gasteiger partial charge on any atom is -0.353 e. The minimum atomic E-state index is 0.0956. The van der Waals surface area contributed by atoms with Gasteiger partial charge in [0.15, 0.2) is 5.82 Å². The fraction of sp³-hybridized carbons (Fsp3) is 0.500. The van der Waals surface area contributed by atoms with E-state index < -0.39 is 0 Å². The second-order valence-electron chi connectivity index (χ2n) is 7.29. The third-order valence-electron chi connectivity index (χ3n) is 5.67. The molecule has 1 amide bonds. The highest BCUT2D eigenvalue weighted by Gasteiger charge is 2.27. The lowest BCUT2D eigenvalue weighted by atomic mass is 9.97. The Morgan fingerprint density at radius 1 is 1.28 bits per heavy atom. The summed E-state index contributed by atoms with van der Waals surface area (Å²) >= 11 is 0. The largest absolute Gasteiger partial charge is 0.353 e. The molecule has 5 heteroatoms. The van der Waals surface area contributed by atoms with Crippen LogP contribution in [-0.4, -0.2) is 28.8 Å². The standard InChI is InChI=1S/C20H26N4O/c1-14-19(20(22-23(14)2)24-11-5-6-12-24)21-18(25)13-16-10-9-15-7-3-4-8-17(15)16/h3-4,7-8,16H,5-6,9-13H2,1-2H3,(H,21,25). The van der Waals surface area contributed by atoms with Crippen molar-refractivity contribution in [1.29, 1.82) is 0 Å². The van der Waals surface area contributed by atoms with E-state index in [1.807, 2.05) is 18.7 Å². The third-order valence-corrected chi connectivity index (χ3v) is 5.67. The zero-order valence-electron chi connectivity index (χ0n) is 15.1. The van der Waals surface area contributed by atoms with Crippen molar-refractivity contribution in [3.63, 3.8) is 0 Å².